The van der Waals surface area contributed by atoms with Crippen LogP contribution in [-0.2, 0) is 0 Å². The van der Waals surface area contributed by atoms with Crippen LogP contribution in [0.15, 0.2) is 5.18 Å². The molecule has 1 atom stereocenters. The third kappa shape index (κ3) is 1.38. The van der Waals surface area contributed by atoms with Crippen LogP contribution in [0, 0.1) is 34.8 Å². The minimum absolute atomic E-state index is 0.250. The highest BCUT2D eigenvalue weighted by atomic mass is 31.0. The molecule has 0 heterocycles. The predicted molar refractivity (Wildman–Crippen MR) is 50.6 cm³/mol. The summed E-state index contributed by atoms with van der Waals surface area (Å²) in [5.41, 5.74) is -1.26. The van der Waals surface area contributed by atoms with Crippen molar-refractivity contribution in [3.63, 3.8) is 0 Å². The summed E-state index contributed by atoms with van der Waals surface area (Å²) < 4.78 is 26.5. The summed E-state index contributed by atoms with van der Waals surface area (Å²) in [6.45, 7) is 1.19. The average Bonchev–Trinajstić information content (AvgIpc) is 2.17. The highest BCUT2D eigenvalue weighted by molar-refractivity contribution is 7.27. The van der Waals surface area contributed by atoms with Gasteiger partial charge in [0, 0.05) is 10.9 Å². The molecule has 1 unspecified atom stereocenters. The van der Waals surface area contributed by atoms with E-state index in [-0.39, 0.29) is 10.9 Å². The van der Waals surface area contributed by atoms with Crippen molar-refractivity contribution in [2.24, 2.45) is 5.18 Å². The van der Waals surface area contributed by atoms with Gasteiger partial charge in [-0.2, -0.15) is 5.26 Å². The fraction of sp³-hybridized carbons (Fsp3) is 0.125. The Balaban J connectivity index is 3.74. The molecule has 72 valence electrons. The smallest absolute Gasteiger partial charge is 0.161 e. The topological polar surface area (TPSA) is 53.2 Å². The maximum atomic E-state index is 13.3. The molecule has 0 saturated carbocycles. The lowest BCUT2D eigenvalue weighted by Gasteiger charge is -2.06. The number of hydrogen-bond acceptors (Lipinski definition) is 3. The molecular weight excluding hydrogens is 209 g/mol. The van der Waals surface area contributed by atoms with Gasteiger partial charge >= 0.3 is 0 Å². The summed E-state index contributed by atoms with van der Waals surface area (Å²) in [6.07, 6.45) is 0. The second-order valence-corrected chi connectivity index (χ2v) is 3.17. The van der Waals surface area contributed by atoms with Crippen molar-refractivity contribution in [1.82, 2.24) is 0 Å². The highest BCUT2D eigenvalue weighted by Gasteiger charge is 2.20. The summed E-state index contributed by atoms with van der Waals surface area (Å²) in [4.78, 5) is 10.2. The SMILES string of the molecule is Cc1c(F)c(C#N)c(P)c(F)c1N=O. The number of hydrogen-bond donors (Lipinski definition) is 0. The molecule has 0 saturated heterocycles. The third-order valence-corrected chi connectivity index (χ3v) is 2.36. The van der Waals surface area contributed by atoms with Crippen molar-refractivity contribution in [1.29, 1.82) is 5.26 Å². The Morgan fingerprint density at radius 1 is 1.43 bits per heavy atom. The van der Waals surface area contributed by atoms with E-state index in [1.165, 1.54) is 13.0 Å². The van der Waals surface area contributed by atoms with Crippen molar-refractivity contribution < 1.29 is 8.78 Å². The van der Waals surface area contributed by atoms with Crippen LogP contribution < -0.4 is 5.30 Å². The van der Waals surface area contributed by atoms with Crippen molar-refractivity contribution in [3.05, 3.63) is 27.7 Å². The molecule has 1 aromatic rings. The van der Waals surface area contributed by atoms with Crippen LogP contribution in [0.25, 0.3) is 0 Å². The normalized spacial score (nSPS) is 9.64. The van der Waals surface area contributed by atoms with Gasteiger partial charge < -0.3 is 0 Å². The fourth-order valence-corrected chi connectivity index (χ4v) is 1.36. The lowest BCUT2D eigenvalue weighted by molar-refractivity contribution is 0.597. The molecule has 3 nitrogen and oxygen atoms in total. The van der Waals surface area contributed by atoms with E-state index in [1.54, 1.807) is 0 Å². The number of rotatable bonds is 1. The van der Waals surface area contributed by atoms with E-state index in [0.717, 1.165) is 0 Å². The zero-order valence-corrected chi connectivity index (χ0v) is 8.29. The fourth-order valence-electron chi connectivity index (χ4n) is 1.03. The summed E-state index contributed by atoms with van der Waals surface area (Å²) in [7, 11) is 1.87. The quantitative estimate of drug-likeness (QED) is 0.530. The number of nitriles is 1. The van der Waals surface area contributed by atoms with Gasteiger partial charge in [-0.1, -0.05) is 0 Å². The Morgan fingerprint density at radius 2 is 2.00 bits per heavy atom. The van der Waals surface area contributed by atoms with Crippen molar-refractivity contribution >= 4 is 20.2 Å². The third-order valence-electron chi connectivity index (χ3n) is 1.82. The molecule has 0 amide bonds. The van der Waals surface area contributed by atoms with Crippen LogP contribution in [0.5, 0.6) is 0 Å². The molecule has 14 heavy (non-hydrogen) atoms. The van der Waals surface area contributed by atoms with E-state index >= 15 is 0 Å². The molecular formula is C8H5F2N2OP. The van der Waals surface area contributed by atoms with E-state index < -0.39 is 22.9 Å². The molecule has 0 radical (unpaired) electrons. The van der Waals surface area contributed by atoms with Gasteiger partial charge in [0.2, 0.25) is 0 Å². The Labute approximate surface area is 80.9 Å². The lowest BCUT2D eigenvalue weighted by Crippen LogP contribution is -2.09. The Hall–Kier alpha value is -1.40. The summed E-state index contributed by atoms with van der Waals surface area (Å²) in [6, 6.07) is 1.52. The van der Waals surface area contributed by atoms with Gasteiger partial charge in [0.15, 0.2) is 5.82 Å². The van der Waals surface area contributed by atoms with Gasteiger partial charge in [0.05, 0.1) is 5.56 Å². The van der Waals surface area contributed by atoms with E-state index in [1.807, 2.05) is 9.24 Å². The summed E-state index contributed by atoms with van der Waals surface area (Å²) in [5.74, 6) is -1.88. The molecule has 1 rings (SSSR count). The first-order valence-electron chi connectivity index (χ1n) is 3.55. The number of halogens is 2. The van der Waals surface area contributed by atoms with E-state index in [4.69, 9.17) is 5.26 Å². The minimum Gasteiger partial charge on any atom is -0.205 e. The number of nitrogens with zero attached hydrogens (tertiary/aromatic N) is 2. The van der Waals surface area contributed by atoms with Crippen molar-refractivity contribution in [2.75, 3.05) is 0 Å². The van der Waals surface area contributed by atoms with E-state index in [2.05, 4.69) is 5.18 Å². The minimum atomic E-state index is -0.972. The maximum Gasteiger partial charge on any atom is 0.161 e. The molecule has 0 N–H and O–H groups in total. The van der Waals surface area contributed by atoms with Crippen LogP contribution >= 0.6 is 9.24 Å². The number of benzene rings is 1. The first-order valence-corrected chi connectivity index (χ1v) is 4.12. The highest BCUT2D eigenvalue weighted by Crippen LogP contribution is 2.27. The van der Waals surface area contributed by atoms with Crippen LogP contribution in [0.3, 0.4) is 0 Å². The standard InChI is InChI=1S/C8H5F2N2OP/c1-3-5(9)4(2-11)8(14)6(10)7(3)12-13/h14H2,1H3. The van der Waals surface area contributed by atoms with E-state index in [9.17, 15) is 13.7 Å². The molecule has 0 aromatic heterocycles. The first kappa shape index (κ1) is 10.7. The Morgan fingerprint density at radius 3 is 2.43 bits per heavy atom. The molecule has 0 fully saturated rings. The van der Waals surface area contributed by atoms with Crippen LogP contribution in [0.4, 0.5) is 14.5 Å². The van der Waals surface area contributed by atoms with Crippen molar-refractivity contribution in [3.8, 4) is 6.07 Å². The molecule has 0 aliphatic rings. The predicted octanol–water partition coefficient (Wildman–Crippen LogP) is 2.04. The van der Waals surface area contributed by atoms with E-state index in [0.29, 0.717) is 0 Å². The molecule has 6 heteroatoms. The van der Waals surface area contributed by atoms with Gasteiger partial charge in [-0.05, 0) is 12.1 Å². The van der Waals surface area contributed by atoms with Gasteiger partial charge in [-0.15, -0.1) is 14.1 Å². The molecule has 0 aliphatic carbocycles. The second-order valence-electron chi connectivity index (χ2n) is 2.59. The van der Waals surface area contributed by atoms with Crippen LogP contribution in [0.1, 0.15) is 11.1 Å². The monoisotopic (exact) mass is 214 g/mol. The molecule has 0 bridgehead atoms. The van der Waals surface area contributed by atoms with Crippen LogP contribution in [0.2, 0.25) is 0 Å². The second kappa shape index (κ2) is 3.77. The molecule has 1 aromatic carbocycles. The first-order chi connectivity index (χ1) is 6.54. The number of nitroso groups, excluding NO2 is 1. The Kier molecular flexibility index (Phi) is 2.87. The van der Waals surface area contributed by atoms with Gasteiger partial charge in [-0.3, -0.25) is 0 Å². The largest absolute Gasteiger partial charge is 0.205 e. The summed E-state index contributed by atoms with van der Waals surface area (Å²) >= 11 is 0. The average molecular weight is 214 g/mol. The van der Waals surface area contributed by atoms with Gasteiger partial charge in [0.1, 0.15) is 17.6 Å². The lowest BCUT2D eigenvalue weighted by atomic mass is 10.1. The van der Waals surface area contributed by atoms with Crippen LogP contribution in [-0.4, -0.2) is 0 Å². The zero-order chi connectivity index (χ0) is 10.9. The van der Waals surface area contributed by atoms with Crippen molar-refractivity contribution in [2.45, 2.75) is 6.92 Å². The zero-order valence-electron chi connectivity index (χ0n) is 7.14. The van der Waals surface area contributed by atoms with Gasteiger partial charge in [-0.25, -0.2) is 8.78 Å². The summed E-state index contributed by atoms with van der Waals surface area (Å²) in [5, 5.41) is 10.6. The Bertz CT molecular complexity index is 425. The maximum absolute atomic E-state index is 13.3. The van der Waals surface area contributed by atoms with Gasteiger partial charge in [0.25, 0.3) is 0 Å². The molecule has 0 aliphatic heterocycles. The molecule has 0 spiro atoms.